The monoisotopic (exact) mass is 338 g/mol. The van der Waals surface area contributed by atoms with Crippen molar-refractivity contribution in [3.63, 3.8) is 0 Å². The number of H-pyrrole nitrogens is 1. The first-order valence-electron chi connectivity index (χ1n) is 9.05. The molecule has 5 rings (SSSR count). The van der Waals surface area contributed by atoms with Gasteiger partial charge in [-0.1, -0.05) is 0 Å². The van der Waals surface area contributed by atoms with E-state index in [2.05, 4.69) is 25.1 Å². The smallest absolute Gasteiger partial charge is 0.274 e. The molecule has 7 nitrogen and oxygen atoms in total. The Kier molecular flexibility index (Phi) is 3.29. The van der Waals surface area contributed by atoms with E-state index in [-0.39, 0.29) is 5.91 Å². The number of carbonyl (C=O) groups is 1. The van der Waals surface area contributed by atoms with Crippen molar-refractivity contribution in [2.75, 3.05) is 31.1 Å². The second-order valence-electron chi connectivity index (χ2n) is 7.64. The molecular weight excluding hydrogens is 316 g/mol. The number of likely N-dealkylation sites (tertiary alicyclic amines) is 1. The van der Waals surface area contributed by atoms with Gasteiger partial charge in [-0.05, 0) is 25.8 Å². The molecule has 4 heterocycles. The molecule has 130 valence electrons. The SMILES string of the molecule is Cc1cc(N2CC3CN(C(=O)c4cc(C5CC5)[nH]n4)CC3C2)ncn1. The molecule has 0 bridgehead atoms. The fourth-order valence-electron chi connectivity index (χ4n) is 4.17. The Bertz CT molecular complexity index is 799. The topological polar surface area (TPSA) is 78.0 Å². The Labute approximate surface area is 146 Å². The summed E-state index contributed by atoms with van der Waals surface area (Å²) in [5.74, 6) is 2.70. The highest BCUT2D eigenvalue weighted by Gasteiger charge is 2.42. The molecule has 2 atom stereocenters. The fourth-order valence-corrected chi connectivity index (χ4v) is 4.17. The third-order valence-corrected chi connectivity index (χ3v) is 5.72. The van der Waals surface area contributed by atoms with Gasteiger partial charge in [0.2, 0.25) is 0 Å². The zero-order valence-corrected chi connectivity index (χ0v) is 14.4. The van der Waals surface area contributed by atoms with Gasteiger partial charge in [0.1, 0.15) is 17.8 Å². The third kappa shape index (κ3) is 2.67. The van der Waals surface area contributed by atoms with E-state index in [1.54, 1.807) is 6.33 Å². The Morgan fingerprint density at radius 3 is 2.56 bits per heavy atom. The van der Waals surface area contributed by atoms with Gasteiger partial charge < -0.3 is 9.80 Å². The zero-order chi connectivity index (χ0) is 17.0. The molecule has 0 spiro atoms. The van der Waals surface area contributed by atoms with Crippen LogP contribution in [-0.4, -0.2) is 57.2 Å². The van der Waals surface area contributed by atoms with Crippen LogP contribution in [-0.2, 0) is 0 Å². The molecule has 2 aromatic heterocycles. The van der Waals surface area contributed by atoms with Crippen molar-refractivity contribution in [3.05, 3.63) is 35.5 Å². The molecule has 2 aromatic rings. The molecule has 7 heteroatoms. The van der Waals surface area contributed by atoms with Crippen molar-refractivity contribution in [3.8, 4) is 0 Å². The van der Waals surface area contributed by atoms with Crippen LogP contribution in [0.15, 0.2) is 18.5 Å². The number of amides is 1. The quantitative estimate of drug-likeness (QED) is 0.920. The summed E-state index contributed by atoms with van der Waals surface area (Å²) < 4.78 is 0. The number of nitrogens with zero attached hydrogens (tertiary/aromatic N) is 5. The van der Waals surface area contributed by atoms with E-state index in [9.17, 15) is 4.79 Å². The van der Waals surface area contributed by atoms with E-state index >= 15 is 0 Å². The molecule has 0 aromatic carbocycles. The number of fused-ring (bicyclic) bond motifs is 1. The van der Waals surface area contributed by atoms with Crippen molar-refractivity contribution in [1.29, 1.82) is 0 Å². The summed E-state index contributed by atoms with van der Waals surface area (Å²) in [5, 5.41) is 7.28. The average molecular weight is 338 g/mol. The first-order chi connectivity index (χ1) is 12.2. The lowest BCUT2D eigenvalue weighted by Crippen LogP contribution is -2.33. The normalized spacial score (nSPS) is 25.5. The lowest BCUT2D eigenvalue weighted by Gasteiger charge is -2.22. The molecule has 25 heavy (non-hydrogen) atoms. The Hall–Kier alpha value is -2.44. The summed E-state index contributed by atoms with van der Waals surface area (Å²) in [6.45, 7) is 5.53. The van der Waals surface area contributed by atoms with E-state index in [0.29, 0.717) is 23.4 Å². The molecule has 2 aliphatic heterocycles. The maximum atomic E-state index is 12.7. The van der Waals surface area contributed by atoms with Crippen LogP contribution in [0, 0.1) is 18.8 Å². The predicted octanol–water partition coefficient (Wildman–Crippen LogP) is 1.59. The Morgan fingerprint density at radius 1 is 1.12 bits per heavy atom. The minimum atomic E-state index is 0.0713. The summed E-state index contributed by atoms with van der Waals surface area (Å²) in [6.07, 6.45) is 4.05. The lowest BCUT2D eigenvalue weighted by molar-refractivity contribution is 0.0776. The van der Waals surface area contributed by atoms with Crippen LogP contribution in [0.1, 0.15) is 40.6 Å². The second kappa shape index (κ2) is 5.54. The molecule has 1 aliphatic carbocycles. The average Bonchev–Trinajstić information content (AvgIpc) is 3.04. The summed E-state index contributed by atoms with van der Waals surface area (Å²) in [4.78, 5) is 25.6. The van der Waals surface area contributed by atoms with Crippen molar-refractivity contribution >= 4 is 11.7 Å². The second-order valence-corrected chi connectivity index (χ2v) is 7.64. The van der Waals surface area contributed by atoms with E-state index in [0.717, 1.165) is 43.4 Å². The molecule has 1 N–H and O–H groups in total. The minimum absolute atomic E-state index is 0.0713. The number of anilines is 1. The third-order valence-electron chi connectivity index (χ3n) is 5.72. The first-order valence-corrected chi connectivity index (χ1v) is 9.05. The van der Waals surface area contributed by atoms with Crippen molar-refractivity contribution < 1.29 is 4.79 Å². The maximum Gasteiger partial charge on any atom is 0.274 e. The highest BCUT2D eigenvalue weighted by Crippen LogP contribution is 2.39. The van der Waals surface area contributed by atoms with E-state index < -0.39 is 0 Å². The van der Waals surface area contributed by atoms with Crippen molar-refractivity contribution in [2.45, 2.75) is 25.7 Å². The molecular formula is C18H22N6O. The fraction of sp³-hybridized carbons (Fsp3) is 0.556. The molecule has 1 saturated carbocycles. The van der Waals surface area contributed by atoms with Gasteiger partial charge in [0.25, 0.3) is 5.91 Å². The molecule has 0 radical (unpaired) electrons. The Balaban J connectivity index is 1.25. The number of nitrogens with one attached hydrogen (secondary N) is 1. The van der Waals surface area contributed by atoms with Crippen LogP contribution >= 0.6 is 0 Å². The molecule has 1 amide bonds. The molecule has 2 unspecified atom stereocenters. The lowest BCUT2D eigenvalue weighted by atomic mass is 10.0. The highest BCUT2D eigenvalue weighted by atomic mass is 16.2. The number of hydrogen-bond acceptors (Lipinski definition) is 5. The van der Waals surface area contributed by atoms with E-state index in [4.69, 9.17) is 0 Å². The zero-order valence-electron chi connectivity index (χ0n) is 14.4. The van der Waals surface area contributed by atoms with Gasteiger partial charge >= 0.3 is 0 Å². The van der Waals surface area contributed by atoms with Crippen LogP contribution in [0.3, 0.4) is 0 Å². The van der Waals surface area contributed by atoms with Crippen molar-refractivity contribution in [2.24, 2.45) is 11.8 Å². The minimum Gasteiger partial charge on any atom is -0.356 e. The van der Waals surface area contributed by atoms with E-state index in [1.165, 1.54) is 12.8 Å². The highest BCUT2D eigenvalue weighted by molar-refractivity contribution is 5.92. The molecule has 3 fully saturated rings. The summed E-state index contributed by atoms with van der Waals surface area (Å²) in [6, 6.07) is 3.98. The number of hydrogen-bond donors (Lipinski definition) is 1. The van der Waals surface area contributed by atoms with Gasteiger partial charge in [-0.3, -0.25) is 9.89 Å². The summed E-state index contributed by atoms with van der Waals surface area (Å²) in [7, 11) is 0. The van der Waals surface area contributed by atoms with Crippen LogP contribution in [0.2, 0.25) is 0 Å². The summed E-state index contributed by atoms with van der Waals surface area (Å²) in [5.41, 5.74) is 2.68. The van der Waals surface area contributed by atoms with E-state index in [1.807, 2.05) is 24.0 Å². The number of rotatable bonds is 3. The Morgan fingerprint density at radius 2 is 1.88 bits per heavy atom. The van der Waals surface area contributed by atoms with Crippen LogP contribution in [0.5, 0.6) is 0 Å². The number of carbonyl (C=O) groups excluding carboxylic acids is 1. The first kappa shape index (κ1) is 14.9. The van der Waals surface area contributed by atoms with Crippen LogP contribution in [0.4, 0.5) is 5.82 Å². The number of aryl methyl sites for hydroxylation is 1. The van der Waals surface area contributed by atoms with Gasteiger partial charge in [0.05, 0.1) is 0 Å². The standard InChI is InChI=1S/C18H22N6O/c1-11-4-17(20-10-19-11)23-6-13-8-24(9-14(13)7-23)18(25)16-5-15(21-22-16)12-2-3-12/h4-5,10,12-14H,2-3,6-9H2,1H3,(H,21,22). The van der Waals surface area contributed by atoms with Gasteiger partial charge in [0, 0.05) is 61.4 Å². The molecule has 3 aliphatic rings. The van der Waals surface area contributed by atoms with Crippen molar-refractivity contribution in [1.82, 2.24) is 25.1 Å². The summed E-state index contributed by atoms with van der Waals surface area (Å²) >= 11 is 0. The van der Waals surface area contributed by atoms with Gasteiger partial charge in [-0.15, -0.1) is 0 Å². The van der Waals surface area contributed by atoms with Crippen LogP contribution in [0.25, 0.3) is 0 Å². The van der Waals surface area contributed by atoms with Crippen LogP contribution < -0.4 is 4.90 Å². The number of aromatic amines is 1. The largest absolute Gasteiger partial charge is 0.356 e. The number of aromatic nitrogens is 4. The van der Waals surface area contributed by atoms with Gasteiger partial charge in [-0.2, -0.15) is 5.10 Å². The molecule has 2 saturated heterocycles. The maximum absolute atomic E-state index is 12.7. The van der Waals surface area contributed by atoms with Gasteiger partial charge in [-0.25, -0.2) is 9.97 Å². The predicted molar refractivity (Wildman–Crippen MR) is 92.4 cm³/mol. The van der Waals surface area contributed by atoms with Gasteiger partial charge in [0.15, 0.2) is 0 Å².